The van der Waals surface area contributed by atoms with Gasteiger partial charge in [0.05, 0.1) is 17.7 Å². The van der Waals surface area contributed by atoms with Crippen LogP contribution in [0.25, 0.3) is 6.08 Å². The van der Waals surface area contributed by atoms with Crippen molar-refractivity contribution in [1.29, 1.82) is 0 Å². The molecule has 156 valence electrons. The lowest BCUT2D eigenvalue weighted by Crippen LogP contribution is -2.31. The molecule has 1 aromatic heterocycles. The van der Waals surface area contributed by atoms with E-state index in [-0.39, 0.29) is 11.8 Å². The number of carbonyl (C=O) groups excluding carboxylic acids is 2. The van der Waals surface area contributed by atoms with Crippen LogP contribution in [-0.4, -0.2) is 31.0 Å². The number of amides is 2. The minimum Gasteiger partial charge on any atom is -0.497 e. The van der Waals surface area contributed by atoms with Crippen molar-refractivity contribution in [3.63, 3.8) is 0 Å². The summed E-state index contributed by atoms with van der Waals surface area (Å²) in [5.74, 6) is 0.418. The minimum atomic E-state index is -0.199. The van der Waals surface area contributed by atoms with E-state index in [4.69, 9.17) is 4.74 Å². The van der Waals surface area contributed by atoms with Crippen LogP contribution in [0.2, 0.25) is 0 Å². The van der Waals surface area contributed by atoms with Gasteiger partial charge in [0, 0.05) is 36.4 Å². The number of carbonyl (C=O) groups is 2. The molecule has 2 aromatic carbocycles. The molecule has 2 heterocycles. The topological polar surface area (TPSA) is 71.5 Å². The first-order valence-electron chi connectivity index (χ1n) is 9.68. The van der Waals surface area contributed by atoms with Crippen molar-refractivity contribution in [2.24, 2.45) is 0 Å². The average molecular weight is 432 g/mol. The van der Waals surface area contributed by atoms with Gasteiger partial charge in [0.15, 0.2) is 0 Å². The van der Waals surface area contributed by atoms with E-state index in [2.05, 4.69) is 10.3 Å². The summed E-state index contributed by atoms with van der Waals surface area (Å²) in [7, 11) is 3.33. The number of nitrogens with zero attached hydrogens (tertiary/aromatic N) is 2. The molecule has 4 rings (SSSR count). The highest BCUT2D eigenvalue weighted by Crippen LogP contribution is 2.42. The predicted octanol–water partition coefficient (Wildman–Crippen LogP) is 4.13. The first-order chi connectivity index (χ1) is 15.0. The molecule has 0 spiro atoms. The van der Waals surface area contributed by atoms with E-state index in [1.165, 1.54) is 11.8 Å². The van der Waals surface area contributed by atoms with Crippen molar-refractivity contribution in [3.8, 4) is 5.75 Å². The Hall–Kier alpha value is -3.58. The fourth-order valence-corrected chi connectivity index (χ4v) is 4.30. The van der Waals surface area contributed by atoms with Crippen molar-refractivity contribution in [3.05, 3.63) is 88.6 Å². The smallest absolute Gasteiger partial charge is 0.264 e. The van der Waals surface area contributed by atoms with Gasteiger partial charge in [-0.15, -0.1) is 0 Å². The van der Waals surface area contributed by atoms with Gasteiger partial charge in [-0.2, -0.15) is 0 Å². The number of pyridine rings is 1. The molecule has 1 aliphatic heterocycles. The SMILES string of the molecule is COc1cccc(/C=C2\Sc3ccc(C(=O)NCc4cccnc4)cc3N(C)C2=O)c1. The third-order valence-corrected chi connectivity index (χ3v) is 5.96. The first-order valence-corrected chi connectivity index (χ1v) is 10.5. The number of likely N-dealkylation sites (N-methyl/N-ethyl adjacent to an activating group) is 1. The molecule has 0 fully saturated rings. The predicted molar refractivity (Wildman–Crippen MR) is 122 cm³/mol. The lowest BCUT2D eigenvalue weighted by molar-refractivity contribution is -0.114. The Labute approximate surface area is 184 Å². The van der Waals surface area contributed by atoms with E-state index in [0.717, 1.165) is 21.8 Å². The fraction of sp³-hybridized carbons (Fsp3) is 0.125. The zero-order chi connectivity index (χ0) is 21.8. The van der Waals surface area contributed by atoms with Crippen molar-refractivity contribution >= 4 is 35.3 Å². The van der Waals surface area contributed by atoms with Gasteiger partial charge in [0.2, 0.25) is 0 Å². The first kappa shape index (κ1) is 20.7. The Balaban J connectivity index is 1.54. The van der Waals surface area contributed by atoms with Crippen LogP contribution in [0.15, 0.2) is 76.8 Å². The Bertz CT molecular complexity index is 1160. The van der Waals surface area contributed by atoms with E-state index in [1.54, 1.807) is 43.6 Å². The Morgan fingerprint density at radius 3 is 2.84 bits per heavy atom. The van der Waals surface area contributed by atoms with Crippen LogP contribution in [0, 0.1) is 0 Å². The summed E-state index contributed by atoms with van der Waals surface area (Å²) < 4.78 is 5.26. The van der Waals surface area contributed by atoms with Crippen LogP contribution < -0.4 is 15.0 Å². The second-order valence-corrected chi connectivity index (χ2v) is 8.06. The quantitative estimate of drug-likeness (QED) is 0.615. The summed E-state index contributed by atoms with van der Waals surface area (Å²) in [5, 5.41) is 2.89. The van der Waals surface area contributed by atoms with Crippen molar-refractivity contribution < 1.29 is 14.3 Å². The second-order valence-electron chi connectivity index (χ2n) is 6.98. The molecule has 0 saturated carbocycles. The lowest BCUT2D eigenvalue weighted by Gasteiger charge is -2.27. The summed E-state index contributed by atoms with van der Waals surface area (Å²) in [6.45, 7) is 0.390. The number of anilines is 1. The lowest BCUT2D eigenvalue weighted by atomic mass is 10.1. The molecule has 6 nitrogen and oxygen atoms in total. The van der Waals surface area contributed by atoms with Crippen LogP contribution >= 0.6 is 11.8 Å². The van der Waals surface area contributed by atoms with Gasteiger partial charge in [0.25, 0.3) is 11.8 Å². The Morgan fingerprint density at radius 2 is 2.06 bits per heavy atom. The molecular formula is C24H21N3O3S. The largest absolute Gasteiger partial charge is 0.497 e. The van der Waals surface area contributed by atoms with Crippen LogP contribution in [0.3, 0.4) is 0 Å². The number of aromatic nitrogens is 1. The highest BCUT2D eigenvalue weighted by atomic mass is 32.2. The average Bonchev–Trinajstić information content (AvgIpc) is 2.81. The molecule has 0 atom stereocenters. The number of thioether (sulfide) groups is 1. The molecule has 1 N–H and O–H groups in total. The number of rotatable bonds is 5. The Kier molecular flexibility index (Phi) is 6.04. The molecule has 0 bridgehead atoms. The molecule has 3 aromatic rings. The monoisotopic (exact) mass is 431 g/mol. The van der Waals surface area contributed by atoms with Crippen LogP contribution in [0.1, 0.15) is 21.5 Å². The molecule has 31 heavy (non-hydrogen) atoms. The molecule has 0 unspecified atom stereocenters. The van der Waals surface area contributed by atoms with E-state index in [9.17, 15) is 9.59 Å². The third kappa shape index (κ3) is 4.62. The number of nitrogens with one attached hydrogen (secondary N) is 1. The summed E-state index contributed by atoms with van der Waals surface area (Å²) >= 11 is 1.40. The summed E-state index contributed by atoms with van der Waals surface area (Å²) in [4.78, 5) is 32.7. The minimum absolute atomic E-state index is 0.117. The van der Waals surface area contributed by atoms with Crippen LogP contribution in [0.5, 0.6) is 5.75 Å². The van der Waals surface area contributed by atoms with E-state index >= 15 is 0 Å². The molecule has 0 saturated heterocycles. The maximum atomic E-state index is 12.9. The van der Waals surface area contributed by atoms with Crippen LogP contribution in [-0.2, 0) is 11.3 Å². The van der Waals surface area contributed by atoms with Gasteiger partial charge in [-0.25, -0.2) is 0 Å². The number of hydrogen-bond acceptors (Lipinski definition) is 5. The molecule has 0 aliphatic carbocycles. The van der Waals surface area contributed by atoms with E-state index in [0.29, 0.717) is 22.7 Å². The molecule has 0 radical (unpaired) electrons. The molecule has 7 heteroatoms. The van der Waals surface area contributed by atoms with Gasteiger partial charge >= 0.3 is 0 Å². The van der Waals surface area contributed by atoms with Gasteiger partial charge < -0.3 is 15.0 Å². The number of benzene rings is 2. The fourth-order valence-electron chi connectivity index (χ4n) is 3.20. The third-order valence-electron chi connectivity index (χ3n) is 4.89. The zero-order valence-electron chi connectivity index (χ0n) is 17.2. The van der Waals surface area contributed by atoms with Gasteiger partial charge in [-0.3, -0.25) is 14.6 Å². The zero-order valence-corrected chi connectivity index (χ0v) is 18.0. The maximum absolute atomic E-state index is 12.9. The number of methoxy groups -OCH3 is 1. The second kappa shape index (κ2) is 9.06. The van der Waals surface area contributed by atoms with E-state index < -0.39 is 0 Å². The van der Waals surface area contributed by atoms with Gasteiger partial charge in [0.1, 0.15) is 5.75 Å². The standard InChI is InChI=1S/C24H21N3O3S/c1-27-20-13-18(23(28)26-15-17-6-4-10-25-14-17)8-9-21(20)31-22(24(27)29)12-16-5-3-7-19(11-16)30-2/h3-14H,15H2,1-2H3,(H,26,28)/b22-12-. The number of fused-ring (bicyclic) bond motifs is 1. The maximum Gasteiger partial charge on any atom is 0.264 e. The van der Waals surface area contributed by atoms with Gasteiger partial charge in [-0.1, -0.05) is 30.0 Å². The molecule has 1 aliphatic rings. The van der Waals surface area contributed by atoms with E-state index in [1.807, 2.05) is 48.5 Å². The van der Waals surface area contributed by atoms with Crippen LogP contribution in [0.4, 0.5) is 5.69 Å². The molecule has 2 amide bonds. The highest BCUT2D eigenvalue weighted by molar-refractivity contribution is 8.04. The van der Waals surface area contributed by atoms with Crippen molar-refractivity contribution in [2.45, 2.75) is 11.4 Å². The summed E-state index contributed by atoms with van der Waals surface area (Å²) in [6.07, 6.45) is 5.26. The molecular weight excluding hydrogens is 410 g/mol. The normalized spacial score (nSPS) is 14.3. The Morgan fingerprint density at radius 1 is 1.19 bits per heavy atom. The van der Waals surface area contributed by atoms with Gasteiger partial charge in [-0.05, 0) is 53.6 Å². The highest BCUT2D eigenvalue weighted by Gasteiger charge is 2.27. The summed E-state index contributed by atoms with van der Waals surface area (Å²) in [5.41, 5.74) is 3.03. The number of ether oxygens (including phenoxy) is 1. The van der Waals surface area contributed by atoms with Crippen molar-refractivity contribution in [1.82, 2.24) is 10.3 Å². The number of hydrogen-bond donors (Lipinski definition) is 1. The summed E-state index contributed by atoms with van der Waals surface area (Å²) in [6, 6.07) is 16.7. The van der Waals surface area contributed by atoms with Crippen molar-refractivity contribution in [2.75, 3.05) is 19.1 Å².